The average Bonchev–Trinajstić information content (AvgIpc) is 1.99. The van der Waals surface area contributed by atoms with Crippen LogP contribution in [0.4, 0.5) is 0 Å². The Morgan fingerprint density at radius 3 is 2.40 bits per heavy atom. The normalized spacial score (nSPS) is 20.5. The van der Waals surface area contributed by atoms with Crippen molar-refractivity contribution in [3.8, 4) is 0 Å². The molecular weight excluding hydrogens is 188 g/mol. The monoisotopic (exact) mass is 212 g/mol. The molecule has 1 saturated carbocycles. The first-order valence-electron chi connectivity index (χ1n) is 5.97. The molecule has 0 aromatic carbocycles. The number of rotatable bonds is 5. The lowest BCUT2D eigenvalue weighted by molar-refractivity contribution is -0.129. The third kappa shape index (κ3) is 3.82. The summed E-state index contributed by atoms with van der Waals surface area (Å²) in [5, 5.41) is 3.52. The first-order chi connectivity index (χ1) is 7.00. The van der Waals surface area contributed by atoms with Crippen LogP contribution in [0.3, 0.4) is 0 Å². The summed E-state index contributed by atoms with van der Waals surface area (Å²) in [7, 11) is 3.62. The van der Waals surface area contributed by atoms with Crippen LogP contribution in [-0.2, 0) is 4.79 Å². The first-order valence-corrected chi connectivity index (χ1v) is 5.97. The Morgan fingerprint density at radius 1 is 1.40 bits per heavy atom. The highest BCUT2D eigenvalue weighted by molar-refractivity contribution is 5.76. The second-order valence-electron chi connectivity index (χ2n) is 5.04. The largest absolute Gasteiger partial charge is 0.349 e. The van der Waals surface area contributed by atoms with Crippen molar-refractivity contribution in [3.63, 3.8) is 0 Å². The minimum Gasteiger partial charge on any atom is -0.349 e. The molecule has 2 unspecified atom stereocenters. The van der Waals surface area contributed by atoms with Gasteiger partial charge >= 0.3 is 0 Å². The maximum Gasteiger partial charge on any atom is 0.223 e. The van der Waals surface area contributed by atoms with Crippen molar-refractivity contribution >= 4 is 5.91 Å². The summed E-state index contributed by atoms with van der Waals surface area (Å²) in [6.45, 7) is 4.33. The fourth-order valence-corrected chi connectivity index (χ4v) is 2.03. The zero-order chi connectivity index (χ0) is 11.4. The van der Waals surface area contributed by atoms with Crippen molar-refractivity contribution in [2.45, 2.75) is 51.6 Å². The highest BCUT2D eigenvalue weighted by atomic mass is 16.2. The molecule has 0 spiro atoms. The van der Waals surface area contributed by atoms with Crippen LogP contribution in [0, 0.1) is 5.92 Å². The minimum absolute atomic E-state index is 0.204. The van der Waals surface area contributed by atoms with Crippen LogP contribution in [0.15, 0.2) is 0 Å². The summed E-state index contributed by atoms with van der Waals surface area (Å²) in [6, 6.07) is 0.846. The predicted octanol–water partition coefficient (Wildman–Crippen LogP) is 1.63. The molecule has 1 N–H and O–H groups in total. The molecule has 0 saturated heterocycles. The number of nitrogens with one attached hydrogen (secondary N) is 1. The van der Waals surface area contributed by atoms with Gasteiger partial charge in [-0.1, -0.05) is 6.42 Å². The number of nitrogens with zero attached hydrogens (tertiary/aromatic N) is 1. The maximum absolute atomic E-state index is 11.5. The molecule has 3 nitrogen and oxygen atoms in total. The van der Waals surface area contributed by atoms with E-state index in [2.05, 4.69) is 19.2 Å². The van der Waals surface area contributed by atoms with Gasteiger partial charge in [-0.3, -0.25) is 4.79 Å². The Morgan fingerprint density at radius 2 is 2.00 bits per heavy atom. The van der Waals surface area contributed by atoms with Crippen LogP contribution in [0.25, 0.3) is 0 Å². The number of hydrogen-bond donors (Lipinski definition) is 1. The third-order valence-corrected chi connectivity index (χ3v) is 3.38. The topological polar surface area (TPSA) is 32.3 Å². The highest BCUT2D eigenvalue weighted by Crippen LogP contribution is 2.29. The smallest absolute Gasteiger partial charge is 0.223 e. The molecular formula is C12H24N2O. The van der Waals surface area contributed by atoms with E-state index in [1.807, 2.05) is 14.1 Å². The van der Waals surface area contributed by atoms with Crippen LogP contribution in [0.5, 0.6) is 0 Å². The van der Waals surface area contributed by atoms with Gasteiger partial charge in [0.15, 0.2) is 0 Å². The van der Waals surface area contributed by atoms with Crippen molar-refractivity contribution in [2.75, 3.05) is 14.1 Å². The lowest BCUT2D eigenvalue weighted by atomic mass is 9.80. The Bertz CT molecular complexity index is 212. The molecule has 2 atom stereocenters. The van der Waals surface area contributed by atoms with E-state index in [1.54, 1.807) is 4.90 Å². The lowest BCUT2D eigenvalue weighted by Gasteiger charge is -2.34. The van der Waals surface area contributed by atoms with Crippen LogP contribution in [-0.4, -0.2) is 37.0 Å². The fraction of sp³-hybridized carbons (Fsp3) is 0.917. The van der Waals surface area contributed by atoms with Gasteiger partial charge in [0.1, 0.15) is 0 Å². The standard InChI is InChI=1S/C12H24N2O/c1-9(8-12(15)14(3)4)13-10(2)11-6-5-7-11/h9-11,13H,5-8H2,1-4H3. The van der Waals surface area contributed by atoms with Gasteiger partial charge in [0.25, 0.3) is 0 Å². The fourth-order valence-electron chi connectivity index (χ4n) is 2.03. The van der Waals surface area contributed by atoms with Gasteiger partial charge in [-0.2, -0.15) is 0 Å². The van der Waals surface area contributed by atoms with Crippen molar-refractivity contribution in [1.29, 1.82) is 0 Å². The second kappa shape index (κ2) is 5.50. The summed E-state index contributed by atoms with van der Waals surface area (Å²) in [6.07, 6.45) is 4.68. The molecule has 15 heavy (non-hydrogen) atoms. The predicted molar refractivity (Wildman–Crippen MR) is 62.7 cm³/mol. The molecule has 0 aromatic rings. The Kier molecular flexibility index (Phi) is 4.58. The number of carbonyl (C=O) groups excluding carboxylic acids is 1. The van der Waals surface area contributed by atoms with E-state index in [-0.39, 0.29) is 11.9 Å². The number of carbonyl (C=O) groups is 1. The van der Waals surface area contributed by atoms with E-state index >= 15 is 0 Å². The molecule has 0 aliphatic heterocycles. The average molecular weight is 212 g/mol. The van der Waals surface area contributed by atoms with Crippen molar-refractivity contribution in [3.05, 3.63) is 0 Å². The first kappa shape index (κ1) is 12.5. The summed E-state index contributed by atoms with van der Waals surface area (Å²) in [5.74, 6) is 1.04. The zero-order valence-electron chi connectivity index (χ0n) is 10.4. The number of amides is 1. The van der Waals surface area contributed by atoms with Crippen molar-refractivity contribution < 1.29 is 4.79 Å². The van der Waals surface area contributed by atoms with E-state index in [9.17, 15) is 4.79 Å². The Labute approximate surface area is 93.2 Å². The van der Waals surface area contributed by atoms with Gasteiger partial charge in [-0.15, -0.1) is 0 Å². The summed E-state index contributed by atoms with van der Waals surface area (Å²) in [5.41, 5.74) is 0. The van der Waals surface area contributed by atoms with E-state index in [4.69, 9.17) is 0 Å². The lowest BCUT2D eigenvalue weighted by Crippen LogP contribution is -2.43. The zero-order valence-corrected chi connectivity index (χ0v) is 10.4. The third-order valence-electron chi connectivity index (χ3n) is 3.38. The van der Waals surface area contributed by atoms with Crippen LogP contribution < -0.4 is 5.32 Å². The van der Waals surface area contributed by atoms with Gasteiger partial charge in [0, 0.05) is 32.6 Å². The highest BCUT2D eigenvalue weighted by Gasteiger charge is 2.25. The quantitative estimate of drug-likeness (QED) is 0.751. The van der Waals surface area contributed by atoms with Crippen molar-refractivity contribution in [2.24, 2.45) is 5.92 Å². The van der Waals surface area contributed by atoms with Crippen LogP contribution in [0.1, 0.15) is 39.5 Å². The Hall–Kier alpha value is -0.570. The van der Waals surface area contributed by atoms with Gasteiger partial charge in [-0.25, -0.2) is 0 Å². The van der Waals surface area contributed by atoms with Gasteiger partial charge < -0.3 is 10.2 Å². The maximum atomic E-state index is 11.5. The van der Waals surface area contributed by atoms with Gasteiger partial charge in [-0.05, 0) is 32.6 Å². The number of hydrogen-bond acceptors (Lipinski definition) is 2. The molecule has 3 heteroatoms. The van der Waals surface area contributed by atoms with E-state index < -0.39 is 0 Å². The van der Waals surface area contributed by atoms with Crippen LogP contribution in [0.2, 0.25) is 0 Å². The van der Waals surface area contributed by atoms with Crippen LogP contribution >= 0.6 is 0 Å². The van der Waals surface area contributed by atoms with E-state index in [0.717, 1.165) is 5.92 Å². The molecule has 1 amide bonds. The van der Waals surface area contributed by atoms with E-state index in [0.29, 0.717) is 12.5 Å². The SMILES string of the molecule is CC(CC(=O)N(C)C)NC(C)C1CCC1. The molecule has 1 fully saturated rings. The molecule has 88 valence electrons. The molecule has 1 aliphatic carbocycles. The second-order valence-corrected chi connectivity index (χ2v) is 5.04. The molecule has 1 aliphatic rings. The molecule has 0 bridgehead atoms. The van der Waals surface area contributed by atoms with Gasteiger partial charge in [0.2, 0.25) is 5.91 Å². The summed E-state index contributed by atoms with van der Waals surface area (Å²) < 4.78 is 0. The minimum atomic E-state index is 0.204. The molecule has 0 aromatic heterocycles. The van der Waals surface area contributed by atoms with E-state index in [1.165, 1.54) is 19.3 Å². The Balaban J connectivity index is 2.22. The molecule has 0 radical (unpaired) electrons. The summed E-state index contributed by atoms with van der Waals surface area (Å²) in [4.78, 5) is 13.1. The summed E-state index contributed by atoms with van der Waals surface area (Å²) >= 11 is 0. The molecule has 1 rings (SSSR count). The molecule has 0 heterocycles. The van der Waals surface area contributed by atoms with Crippen molar-refractivity contribution in [1.82, 2.24) is 10.2 Å². The van der Waals surface area contributed by atoms with Gasteiger partial charge in [0.05, 0.1) is 0 Å².